The van der Waals surface area contributed by atoms with Crippen molar-refractivity contribution in [3.63, 3.8) is 0 Å². The summed E-state index contributed by atoms with van der Waals surface area (Å²) < 4.78 is 0. The van der Waals surface area contributed by atoms with Crippen LogP contribution in [0.1, 0.15) is 22.5 Å². The Morgan fingerprint density at radius 3 is 2.91 bits per heavy atom. The number of amides is 1. The molecule has 2 fully saturated rings. The molecule has 4 nitrogen and oxygen atoms in total. The van der Waals surface area contributed by atoms with Crippen molar-refractivity contribution in [2.24, 2.45) is 5.92 Å². The van der Waals surface area contributed by atoms with Crippen LogP contribution in [-0.2, 0) is 0 Å². The standard InChI is InChI=1S/C18H21N3OS/c19-15-4-2-1-3-14(15)16-5-6-17(23-16)18(22)20-13-9-12-7-8-21(10-12)11-13/h1-6,12-13H,7-11,19H2,(H,20,22). The maximum Gasteiger partial charge on any atom is 0.261 e. The van der Waals surface area contributed by atoms with Crippen molar-refractivity contribution >= 4 is 22.9 Å². The van der Waals surface area contributed by atoms with Crippen molar-refractivity contribution in [1.82, 2.24) is 10.2 Å². The molecule has 4 rings (SSSR count). The zero-order valence-corrected chi connectivity index (χ0v) is 13.8. The number of nitrogens with zero attached hydrogens (tertiary/aromatic N) is 1. The molecule has 5 heteroatoms. The molecule has 0 radical (unpaired) electrons. The molecule has 120 valence electrons. The minimum Gasteiger partial charge on any atom is -0.398 e. The number of hydrogen-bond acceptors (Lipinski definition) is 4. The van der Waals surface area contributed by atoms with E-state index in [0.717, 1.165) is 39.9 Å². The highest BCUT2D eigenvalue weighted by atomic mass is 32.1. The van der Waals surface area contributed by atoms with Crippen molar-refractivity contribution in [3.8, 4) is 10.4 Å². The van der Waals surface area contributed by atoms with E-state index in [1.54, 1.807) is 0 Å². The molecular formula is C18H21N3OS. The number of piperidine rings is 1. The summed E-state index contributed by atoms with van der Waals surface area (Å²) in [7, 11) is 0. The lowest BCUT2D eigenvalue weighted by molar-refractivity contribution is 0.0913. The van der Waals surface area contributed by atoms with E-state index in [2.05, 4.69) is 10.2 Å². The van der Waals surface area contributed by atoms with Gasteiger partial charge in [0.1, 0.15) is 0 Å². The summed E-state index contributed by atoms with van der Waals surface area (Å²) >= 11 is 1.51. The lowest BCUT2D eigenvalue weighted by Gasteiger charge is -2.30. The van der Waals surface area contributed by atoms with Gasteiger partial charge in [-0.3, -0.25) is 4.79 Å². The van der Waals surface area contributed by atoms with Gasteiger partial charge in [0.25, 0.3) is 5.91 Å². The Morgan fingerprint density at radius 2 is 2.09 bits per heavy atom. The fourth-order valence-electron chi connectivity index (χ4n) is 3.75. The van der Waals surface area contributed by atoms with E-state index in [1.165, 1.54) is 30.8 Å². The zero-order valence-electron chi connectivity index (χ0n) is 13.0. The molecule has 0 spiro atoms. The first-order valence-corrected chi connectivity index (χ1v) is 8.98. The number of thiophene rings is 1. The third kappa shape index (κ3) is 2.99. The second-order valence-electron chi connectivity index (χ2n) is 6.57. The molecule has 2 aliphatic rings. The number of nitrogens with one attached hydrogen (secondary N) is 1. The van der Waals surface area contributed by atoms with Crippen LogP contribution in [-0.4, -0.2) is 36.5 Å². The predicted octanol–water partition coefficient (Wildman–Crippen LogP) is 2.82. The average molecular weight is 327 g/mol. The van der Waals surface area contributed by atoms with E-state index in [9.17, 15) is 4.79 Å². The molecule has 3 unspecified atom stereocenters. The summed E-state index contributed by atoms with van der Waals surface area (Å²) in [5.41, 5.74) is 7.77. The highest BCUT2D eigenvalue weighted by Gasteiger charge is 2.33. The van der Waals surface area contributed by atoms with Gasteiger partial charge in [0, 0.05) is 35.3 Å². The van der Waals surface area contributed by atoms with Gasteiger partial charge in [0.05, 0.1) is 4.88 Å². The summed E-state index contributed by atoms with van der Waals surface area (Å²) in [4.78, 5) is 16.8. The number of hydrogen-bond donors (Lipinski definition) is 2. The largest absolute Gasteiger partial charge is 0.398 e. The molecule has 2 aliphatic heterocycles. The van der Waals surface area contributed by atoms with E-state index < -0.39 is 0 Å². The number of fused-ring (bicyclic) bond motifs is 2. The fraction of sp³-hybridized carbons (Fsp3) is 0.389. The molecule has 1 aromatic carbocycles. The molecule has 0 aliphatic carbocycles. The van der Waals surface area contributed by atoms with E-state index in [1.807, 2.05) is 36.4 Å². The second-order valence-corrected chi connectivity index (χ2v) is 7.66. The molecule has 3 atom stereocenters. The lowest BCUT2D eigenvalue weighted by atomic mass is 9.97. The molecule has 23 heavy (non-hydrogen) atoms. The smallest absolute Gasteiger partial charge is 0.261 e. The third-order valence-electron chi connectivity index (χ3n) is 4.86. The van der Waals surface area contributed by atoms with Gasteiger partial charge in [0.2, 0.25) is 0 Å². The second kappa shape index (κ2) is 5.98. The van der Waals surface area contributed by atoms with E-state index >= 15 is 0 Å². The monoisotopic (exact) mass is 327 g/mol. The molecule has 0 saturated carbocycles. The molecule has 1 aromatic heterocycles. The van der Waals surface area contributed by atoms with E-state index in [0.29, 0.717) is 0 Å². The number of nitrogens with two attached hydrogens (primary N) is 1. The van der Waals surface area contributed by atoms with Crippen LogP contribution < -0.4 is 11.1 Å². The van der Waals surface area contributed by atoms with Crippen molar-refractivity contribution in [2.45, 2.75) is 18.9 Å². The minimum atomic E-state index is 0.0447. The number of rotatable bonds is 3. The van der Waals surface area contributed by atoms with Gasteiger partial charge in [-0.05, 0) is 43.5 Å². The molecule has 2 saturated heterocycles. The first-order valence-electron chi connectivity index (χ1n) is 8.17. The van der Waals surface area contributed by atoms with Crippen LogP contribution >= 0.6 is 11.3 Å². The normalized spacial score (nSPS) is 26.2. The van der Waals surface area contributed by atoms with Gasteiger partial charge in [-0.25, -0.2) is 0 Å². The van der Waals surface area contributed by atoms with Crippen LogP contribution in [0.2, 0.25) is 0 Å². The number of nitrogen functional groups attached to an aromatic ring is 1. The SMILES string of the molecule is Nc1ccccc1-c1ccc(C(=O)NC2CC3CCN(C3)C2)s1. The summed E-state index contributed by atoms with van der Waals surface area (Å²) in [6.45, 7) is 3.39. The van der Waals surface area contributed by atoms with Crippen LogP contribution in [0.25, 0.3) is 10.4 Å². The number of carbonyl (C=O) groups is 1. The van der Waals surface area contributed by atoms with E-state index in [-0.39, 0.29) is 11.9 Å². The van der Waals surface area contributed by atoms with Gasteiger partial charge in [-0.15, -0.1) is 11.3 Å². The maximum absolute atomic E-state index is 12.5. The quantitative estimate of drug-likeness (QED) is 0.852. The van der Waals surface area contributed by atoms with Crippen LogP contribution in [0.15, 0.2) is 36.4 Å². The van der Waals surface area contributed by atoms with Gasteiger partial charge in [-0.2, -0.15) is 0 Å². The summed E-state index contributed by atoms with van der Waals surface area (Å²) in [5, 5.41) is 3.21. The van der Waals surface area contributed by atoms with Crippen LogP contribution in [0.3, 0.4) is 0 Å². The Balaban J connectivity index is 1.46. The first kappa shape index (κ1) is 14.7. The van der Waals surface area contributed by atoms with Gasteiger partial charge >= 0.3 is 0 Å². The van der Waals surface area contributed by atoms with Gasteiger partial charge in [-0.1, -0.05) is 18.2 Å². The Labute approximate surface area is 140 Å². The van der Waals surface area contributed by atoms with Crippen molar-refractivity contribution < 1.29 is 4.79 Å². The lowest BCUT2D eigenvalue weighted by Crippen LogP contribution is -2.46. The molecular weight excluding hydrogens is 306 g/mol. The van der Waals surface area contributed by atoms with Crippen LogP contribution in [0.4, 0.5) is 5.69 Å². The third-order valence-corrected chi connectivity index (χ3v) is 5.97. The first-order chi connectivity index (χ1) is 11.2. The summed E-state index contributed by atoms with van der Waals surface area (Å²) in [6.07, 6.45) is 2.40. The Hall–Kier alpha value is -1.85. The maximum atomic E-state index is 12.5. The van der Waals surface area contributed by atoms with Crippen molar-refractivity contribution in [2.75, 3.05) is 25.4 Å². The fourth-order valence-corrected chi connectivity index (χ4v) is 4.70. The van der Waals surface area contributed by atoms with Crippen molar-refractivity contribution in [3.05, 3.63) is 41.3 Å². The highest BCUT2D eigenvalue weighted by molar-refractivity contribution is 7.17. The minimum absolute atomic E-state index is 0.0447. The number of anilines is 1. The molecule has 1 amide bonds. The Bertz CT molecular complexity index is 715. The van der Waals surface area contributed by atoms with Crippen LogP contribution in [0, 0.1) is 5.92 Å². The molecule has 2 aromatic rings. The Kier molecular flexibility index (Phi) is 3.83. The topological polar surface area (TPSA) is 58.4 Å². The van der Waals surface area contributed by atoms with Gasteiger partial charge in [0.15, 0.2) is 0 Å². The number of benzene rings is 1. The highest BCUT2D eigenvalue weighted by Crippen LogP contribution is 2.32. The van der Waals surface area contributed by atoms with Crippen molar-refractivity contribution in [1.29, 1.82) is 0 Å². The summed E-state index contributed by atoms with van der Waals surface area (Å²) in [6, 6.07) is 12.0. The molecule has 2 bridgehead atoms. The Morgan fingerprint density at radius 1 is 1.22 bits per heavy atom. The summed E-state index contributed by atoms with van der Waals surface area (Å²) in [5.74, 6) is 0.806. The van der Waals surface area contributed by atoms with E-state index in [4.69, 9.17) is 5.73 Å². The number of carbonyl (C=O) groups excluding carboxylic acids is 1. The average Bonchev–Trinajstić information content (AvgIpc) is 3.15. The predicted molar refractivity (Wildman–Crippen MR) is 94.6 cm³/mol. The number of para-hydroxylation sites is 1. The van der Waals surface area contributed by atoms with Gasteiger partial charge < -0.3 is 16.0 Å². The van der Waals surface area contributed by atoms with Crippen LogP contribution in [0.5, 0.6) is 0 Å². The molecule has 3 N–H and O–H groups in total. The zero-order chi connectivity index (χ0) is 15.8. The molecule has 3 heterocycles.